The van der Waals surface area contributed by atoms with Gasteiger partial charge in [-0.3, -0.25) is 4.79 Å². The fraction of sp³-hybridized carbons (Fsp3) is 0.462. The third kappa shape index (κ3) is 4.41. The van der Waals surface area contributed by atoms with Crippen LogP contribution in [0.25, 0.3) is 0 Å². The van der Waals surface area contributed by atoms with E-state index in [-0.39, 0.29) is 23.9 Å². The van der Waals surface area contributed by atoms with Crippen LogP contribution in [-0.4, -0.2) is 38.0 Å². The largest absolute Gasteiger partial charge is 0.481 e. The molecule has 1 heterocycles. The van der Waals surface area contributed by atoms with Crippen LogP contribution in [0.1, 0.15) is 13.3 Å². The summed E-state index contributed by atoms with van der Waals surface area (Å²) in [4.78, 5) is 11.8. The summed E-state index contributed by atoms with van der Waals surface area (Å²) in [5.74, 6) is -1.11. The van der Waals surface area contributed by atoms with Crippen LogP contribution in [-0.2, 0) is 14.6 Å². The molecule has 0 unspecified atom stereocenters. The number of benzene rings is 1. The highest BCUT2D eigenvalue weighted by Crippen LogP contribution is 2.23. The highest BCUT2D eigenvalue weighted by molar-refractivity contribution is 9.10. The van der Waals surface area contributed by atoms with Gasteiger partial charge in [-0.25, -0.2) is 12.8 Å². The zero-order chi connectivity index (χ0) is 15.7. The molecule has 1 atom stereocenters. The molecule has 1 aliphatic heterocycles. The minimum atomic E-state index is -3.10. The number of carbonyl (C=O) groups is 1. The highest BCUT2D eigenvalue weighted by atomic mass is 79.9. The molecule has 1 aromatic carbocycles. The van der Waals surface area contributed by atoms with Gasteiger partial charge in [0.15, 0.2) is 28.0 Å². The monoisotopic (exact) mass is 379 g/mol. The number of hydrogen-bond donors (Lipinski definition) is 1. The number of halogens is 2. The minimum Gasteiger partial charge on any atom is -0.481 e. The van der Waals surface area contributed by atoms with E-state index in [1.54, 1.807) is 13.0 Å². The summed E-state index contributed by atoms with van der Waals surface area (Å²) < 4.78 is 42.1. The summed E-state index contributed by atoms with van der Waals surface area (Å²) in [6, 6.07) is 4.24. The second kappa shape index (κ2) is 5.92. The second-order valence-electron chi connectivity index (χ2n) is 5.31. The Balaban J connectivity index is 1.91. The van der Waals surface area contributed by atoms with Crippen molar-refractivity contribution in [2.45, 2.75) is 18.9 Å². The minimum absolute atomic E-state index is 0.0300. The molecule has 0 radical (unpaired) electrons. The van der Waals surface area contributed by atoms with E-state index in [0.717, 1.165) is 0 Å². The lowest BCUT2D eigenvalue weighted by molar-refractivity contribution is -0.124. The molecule has 2 rings (SSSR count). The quantitative estimate of drug-likeness (QED) is 0.863. The fourth-order valence-electron chi connectivity index (χ4n) is 2.22. The normalized spacial score (nSPS) is 23.8. The van der Waals surface area contributed by atoms with Gasteiger partial charge in [-0.05, 0) is 31.5 Å². The molecule has 0 saturated carbocycles. The van der Waals surface area contributed by atoms with Gasteiger partial charge < -0.3 is 10.1 Å². The Morgan fingerprint density at radius 1 is 1.52 bits per heavy atom. The average molecular weight is 380 g/mol. The molecule has 5 nitrogen and oxygen atoms in total. The third-order valence-corrected chi connectivity index (χ3v) is 5.59. The van der Waals surface area contributed by atoms with Crippen molar-refractivity contribution in [1.82, 2.24) is 5.32 Å². The lowest BCUT2D eigenvalue weighted by atomic mass is 10.0. The summed E-state index contributed by atoms with van der Waals surface area (Å²) in [5.41, 5.74) is -0.780. The topological polar surface area (TPSA) is 72.5 Å². The van der Waals surface area contributed by atoms with Gasteiger partial charge in [-0.15, -0.1) is 0 Å². The van der Waals surface area contributed by atoms with Crippen LogP contribution in [0.15, 0.2) is 22.7 Å². The van der Waals surface area contributed by atoms with E-state index in [9.17, 15) is 17.6 Å². The van der Waals surface area contributed by atoms with Crippen LogP contribution in [0.5, 0.6) is 5.75 Å². The smallest absolute Gasteiger partial charge is 0.258 e. The molecule has 1 N–H and O–H groups in total. The molecule has 0 aliphatic carbocycles. The molecule has 116 valence electrons. The summed E-state index contributed by atoms with van der Waals surface area (Å²) in [6.45, 7) is 1.31. The van der Waals surface area contributed by atoms with E-state index in [0.29, 0.717) is 10.9 Å². The summed E-state index contributed by atoms with van der Waals surface area (Å²) in [6.07, 6.45) is 0.369. The molecular weight excluding hydrogens is 365 g/mol. The highest BCUT2D eigenvalue weighted by Gasteiger charge is 2.39. The fourth-order valence-corrected chi connectivity index (χ4v) is 4.64. The molecular formula is C13H15BrFNO4S. The standard InChI is InChI=1S/C13H15BrFNO4S/c1-13(4-5-21(18,19)8-13)16-12(17)7-20-11-3-2-9(14)6-10(11)15/h2-3,6H,4-5,7-8H2,1H3,(H,16,17)/t13-/m1/s1. The molecule has 21 heavy (non-hydrogen) atoms. The average Bonchev–Trinajstić information content (AvgIpc) is 2.62. The van der Waals surface area contributed by atoms with E-state index >= 15 is 0 Å². The van der Waals surface area contributed by atoms with Crippen LogP contribution in [0, 0.1) is 5.82 Å². The van der Waals surface area contributed by atoms with E-state index in [1.165, 1.54) is 12.1 Å². The van der Waals surface area contributed by atoms with Crippen LogP contribution in [0.4, 0.5) is 4.39 Å². The molecule has 1 saturated heterocycles. The number of rotatable bonds is 4. The van der Waals surface area contributed by atoms with Crippen molar-refractivity contribution < 1.29 is 22.3 Å². The maximum absolute atomic E-state index is 13.5. The first-order valence-electron chi connectivity index (χ1n) is 6.28. The molecule has 0 aromatic heterocycles. The zero-order valence-electron chi connectivity index (χ0n) is 11.4. The van der Waals surface area contributed by atoms with Crippen LogP contribution < -0.4 is 10.1 Å². The van der Waals surface area contributed by atoms with Crippen molar-refractivity contribution in [3.05, 3.63) is 28.5 Å². The Morgan fingerprint density at radius 2 is 2.24 bits per heavy atom. The van der Waals surface area contributed by atoms with Gasteiger partial charge in [-0.2, -0.15) is 0 Å². The number of ether oxygens (including phenoxy) is 1. The number of sulfone groups is 1. The Labute approximate surface area is 130 Å². The Bertz CT molecular complexity index is 664. The predicted molar refractivity (Wildman–Crippen MR) is 79.4 cm³/mol. The predicted octanol–water partition coefficient (Wildman–Crippen LogP) is 1.66. The van der Waals surface area contributed by atoms with Crippen molar-refractivity contribution in [1.29, 1.82) is 0 Å². The second-order valence-corrected chi connectivity index (χ2v) is 8.41. The molecule has 1 aromatic rings. The van der Waals surface area contributed by atoms with Crippen molar-refractivity contribution in [3.8, 4) is 5.75 Å². The van der Waals surface area contributed by atoms with Gasteiger partial charge >= 0.3 is 0 Å². The van der Waals surface area contributed by atoms with Gasteiger partial charge in [0.2, 0.25) is 0 Å². The maximum atomic E-state index is 13.5. The van der Waals surface area contributed by atoms with E-state index in [2.05, 4.69) is 21.2 Å². The van der Waals surface area contributed by atoms with Crippen molar-refractivity contribution in [2.75, 3.05) is 18.1 Å². The van der Waals surface area contributed by atoms with Gasteiger partial charge in [0.05, 0.1) is 17.0 Å². The number of carbonyl (C=O) groups excluding carboxylic acids is 1. The van der Waals surface area contributed by atoms with Gasteiger partial charge in [0.25, 0.3) is 5.91 Å². The first-order chi connectivity index (χ1) is 9.69. The van der Waals surface area contributed by atoms with Crippen molar-refractivity contribution >= 4 is 31.7 Å². The Hall–Kier alpha value is -1.15. The first kappa shape index (κ1) is 16.2. The number of nitrogens with one attached hydrogen (secondary N) is 1. The Morgan fingerprint density at radius 3 is 2.81 bits per heavy atom. The molecule has 0 spiro atoms. The third-order valence-electron chi connectivity index (χ3n) is 3.20. The lowest BCUT2D eigenvalue weighted by Gasteiger charge is -2.23. The summed E-state index contributed by atoms with van der Waals surface area (Å²) in [7, 11) is -3.10. The van der Waals surface area contributed by atoms with E-state index < -0.39 is 27.1 Å². The SMILES string of the molecule is C[C@@]1(NC(=O)COc2ccc(Br)cc2F)CCS(=O)(=O)C1. The van der Waals surface area contributed by atoms with E-state index in [1.807, 2.05) is 0 Å². The molecule has 8 heteroatoms. The van der Waals surface area contributed by atoms with Gasteiger partial charge in [0.1, 0.15) is 0 Å². The molecule has 1 amide bonds. The summed E-state index contributed by atoms with van der Waals surface area (Å²) >= 11 is 3.12. The number of hydrogen-bond acceptors (Lipinski definition) is 4. The first-order valence-corrected chi connectivity index (χ1v) is 8.90. The van der Waals surface area contributed by atoms with Gasteiger partial charge in [-0.1, -0.05) is 15.9 Å². The van der Waals surface area contributed by atoms with Crippen LogP contribution in [0.2, 0.25) is 0 Å². The Kier molecular flexibility index (Phi) is 4.57. The molecule has 1 aliphatic rings. The lowest BCUT2D eigenvalue weighted by Crippen LogP contribution is -2.48. The zero-order valence-corrected chi connectivity index (χ0v) is 13.8. The maximum Gasteiger partial charge on any atom is 0.258 e. The van der Waals surface area contributed by atoms with Crippen LogP contribution in [0.3, 0.4) is 0 Å². The van der Waals surface area contributed by atoms with E-state index in [4.69, 9.17) is 4.74 Å². The van der Waals surface area contributed by atoms with Crippen molar-refractivity contribution in [2.24, 2.45) is 0 Å². The van der Waals surface area contributed by atoms with Crippen molar-refractivity contribution in [3.63, 3.8) is 0 Å². The number of amides is 1. The molecule has 1 fully saturated rings. The summed E-state index contributed by atoms with van der Waals surface area (Å²) in [5, 5.41) is 2.64. The van der Waals surface area contributed by atoms with Gasteiger partial charge in [0, 0.05) is 4.47 Å². The van der Waals surface area contributed by atoms with Crippen LogP contribution >= 0.6 is 15.9 Å². The molecule has 0 bridgehead atoms.